The molecule has 0 bridgehead atoms. The molecule has 0 atom stereocenters. The van der Waals surface area contributed by atoms with Crippen molar-refractivity contribution in [2.45, 2.75) is 6.61 Å². The summed E-state index contributed by atoms with van der Waals surface area (Å²) >= 11 is 1.37. The zero-order chi connectivity index (χ0) is 15.2. The number of benzene rings is 2. The van der Waals surface area contributed by atoms with Crippen molar-refractivity contribution in [2.75, 3.05) is 5.32 Å². The zero-order valence-corrected chi connectivity index (χ0v) is 12.7. The van der Waals surface area contributed by atoms with E-state index >= 15 is 0 Å². The van der Waals surface area contributed by atoms with E-state index in [2.05, 4.69) is 5.32 Å². The quantitative estimate of drug-likeness (QED) is 0.749. The van der Waals surface area contributed by atoms with Crippen molar-refractivity contribution in [3.05, 3.63) is 82.6 Å². The number of rotatable bonds is 5. The average molecular weight is 309 g/mol. The molecule has 0 unspecified atom stereocenters. The molecule has 0 saturated heterocycles. The Morgan fingerprint density at radius 3 is 2.36 bits per heavy atom. The number of anilines is 1. The van der Waals surface area contributed by atoms with Crippen LogP contribution in [-0.4, -0.2) is 5.91 Å². The van der Waals surface area contributed by atoms with E-state index in [1.54, 1.807) is 0 Å². The first-order valence-corrected chi connectivity index (χ1v) is 7.81. The van der Waals surface area contributed by atoms with E-state index in [1.165, 1.54) is 11.3 Å². The van der Waals surface area contributed by atoms with E-state index in [0.717, 1.165) is 11.3 Å². The first-order chi connectivity index (χ1) is 10.8. The maximum Gasteiger partial charge on any atom is 0.269 e. The molecule has 0 radical (unpaired) electrons. The van der Waals surface area contributed by atoms with Gasteiger partial charge in [0.2, 0.25) is 0 Å². The minimum absolute atomic E-state index is 0.149. The van der Waals surface area contributed by atoms with E-state index < -0.39 is 0 Å². The number of amides is 1. The monoisotopic (exact) mass is 309 g/mol. The lowest BCUT2D eigenvalue weighted by atomic mass is 10.2. The highest BCUT2D eigenvalue weighted by Crippen LogP contribution is 2.26. The van der Waals surface area contributed by atoms with Gasteiger partial charge in [-0.15, -0.1) is 11.3 Å². The Morgan fingerprint density at radius 2 is 1.64 bits per heavy atom. The predicted octanol–water partition coefficient (Wildman–Crippen LogP) is 4.58. The Labute approximate surface area is 133 Å². The predicted molar refractivity (Wildman–Crippen MR) is 89.5 cm³/mol. The van der Waals surface area contributed by atoms with Crippen LogP contribution in [0.3, 0.4) is 0 Å². The van der Waals surface area contributed by atoms with Crippen molar-refractivity contribution in [1.29, 1.82) is 0 Å². The fraction of sp³-hybridized carbons (Fsp3) is 0.0556. The second-order valence-electron chi connectivity index (χ2n) is 4.71. The maximum absolute atomic E-state index is 12.3. The molecule has 3 nitrogen and oxygen atoms in total. The van der Waals surface area contributed by atoms with Crippen molar-refractivity contribution in [3.63, 3.8) is 0 Å². The van der Waals surface area contributed by atoms with Crippen LogP contribution in [0.5, 0.6) is 5.75 Å². The molecule has 3 aromatic rings. The van der Waals surface area contributed by atoms with Gasteiger partial charge in [-0.1, -0.05) is 48.5 Å². The van der Waals surface area contributed by atoms with Crippen molar-refractivity contribution < 1.29 is 9.53 Å². The van der Waals surface area contributed by atoms with Gasteiger partial charge in [-0.25, -0.2) is 0 Å². The molecular formula is C18H15NO2S. The van der Waals surface area contributed by atoms with Crippen molar-refractivity contribution in [2.24, 2.45) is 0 Å². The molecule has 0 aliphatic rings. The molecule has 0 saturated carbocycles. The van der Waals surface area contributed by atoms with Crippen LogP contribution in [0.15, 0.2) is 72.1 Å². The van der Waals surface area contributed by atoms with Gasteiger partial charge in [0.15, 0.2) is 0 Å². The van der Waals surface area contributed by atoms with E-state index in [0.29, 0.717) is 17.2 Å². The Hall–Kier alpha value is -2.59. The Bertz CT molecular complexity index is 738. The standard InChI is InChI=1S/C18H15NO2S/c20-18(19-15-9-5-2-6-10-15)17-16(11-12-22-17)21-13-14-7-3-1-4-8-14/h1-12H,13H2,(H,19,20). The van der Waals surface area contributed by atoms with Crippen LogP contribution < -0.4 is 10.1 Å². The van der Waals surface area contributed by atoms with Gasteiger partial charge in [-0.05, 0) is 29.1 Å². The molecule has 110 valence electrons. The lowest BCUT2D eigenvalue weighted by Crippen LogP contribution is -2.11. The fourth-order valence-electron chi connectivity index (χ4n) is 2.02. The average Bonchev–Trinajstić information content (AvgIpc) is 3.03. The first-order valence-electron chi connectivity index (χ1n) is 6.93. The molecule has 0 spiro atoms. The number of hydrogen-bond acceptors (Lipinski definition) is 3. The number of ether oxygens (including phenoxy) is 1. The molecule has 0 aliphatic carbocycles. The van der Waals surface area contributed by atoms with Gasteiger partial charge < -0.3 is 10.1 Å². The molecule has 0 aliphatic heterocycles. The molecule has 22 heavy (non-hydrogen) atoms. The van der Waals surface area contributed by atoms with Gasteiger partial charge in [-0.2, -0.15) is 0 Å². The molecule has 1 N–H and O–H groups in total. The third kappa shape index (κ3) is 3.54. The maximum atomic E-state index is 12.3. The number of carbonyl (C=O) groups is 1. The van der Waals surface area contributed by atoms with Gasteiger partial charge in [0.25, 0.3) is 5.91 Å². The number of nitrogens with one attached hydrogen (secondary N) is 1. The number of hydrogen-bond donors (Lipinski definition) is 1. The second-order valence-corrected chi connectivity index (χ2v) is 5.62. The Balaban J connectivity index is 1.68. The van der Waals surface area contributed by atoms with E-state index in [4.69, 9.17) is 4.74 Å². The van der Waals surface area contributed by atoms with E-state index in [1.807, 2.05) is 72.1 Å². The van der Waals surface area contributed by atoms with Crippen LogP contribution in [0.2, 0.25) is 0 Å². The summed E-state index contributed by atoms with van der Waals surface area (Å²) in [5.74, 6) is 0.464. The van der Waals surface area contributed by atoms with Crippen molar-refractivity contribution in [3.8, 4) is 5.75 Å². The van der Waals surface area contributed by atoms with Gasteiger partial charge in [0.1, 0.15) is 17.2 Å². The molecule has 1 heterocycles. The molecule has 3 rings (SSSR count). The summed E-state index contributed by atoms with van der Waals surface area (Å²) in [5, 5.41) is 4.74. The smallest absolute Gasteiger partial charge is 0.269 e. The highest BCUT2D eigenvalue weighted by atomic mass is 32.1. The first kappa shape index (κ1) is 14.4. The molecule has 4 heteroatoms. The summed E-state index contributed by atoms with van der Waals surface area (Å²) < 4.78 is 5.77. The van der Waals surface area contributed by atoms with Crippen LogP contribution in [0.1, 0.15) is 15.2 Å². The number of carbonyl (C=O) groups excluding carboxylic acids is 1. The summed E-state index contributed by atoms with van der Waals surface area (Å²) in [5.41, 5.74) is 1.85. The molecular weight excluding hydrogens is 294 g/mol. The van der Waals surface area contributed by atoms with E-state index in [-0.39, 0.29) is 5.91 Å². The molecule has 1 amide bonds. The van der Waals surface area contributed by atoms with Crippen LogP contribution in [0, 0.1) is 0 Å². The normalized spacial score (nSPS) is 10.2. The van der Waals surface area contributed by atoms with Gasteiger partial charge >= 0.3 is 0 Å². The summed E-state index contributed by atoms with van der Waals surface area (Å²) in [6.07, 6.45) is 0. The number of thiophene rings is 1. The van der Waals surface area contributed by atoms with Gasteiger partial charge in [0, 0.05) is 5.69 Å². The van der Waals surface area contributed by atoms with Crippen molar-refractivity contribution >= 4 is 22.9 Å². The minimum Gasteiger partial charge on any atom is -0.487 e. The third-order valence-corrected chi connectivity index (χ3v) is 4.00. The van der Waals surface area contributed by atoms with Crippen LogP contribution >= 0.6 is 11.3 Å². The molecule has 2 aromatic carbocycles. The Morgan fingerprint density at radius 1 is 0.955 bits per heavy atom. The summed E-state index contributed by atoms with van der Waals surface area (Å²) in [4.78, 5) is 12.9. The van der Waals surface area contributed by atoms with Gasteiger partial charge in [-0.3, -0.25) is 4.79 Å². The van der Waals surface area contributed by atoms with Crippen molar-refractivity contribution in [1.82, 2.24) is 0 Å². The lowest BCUT2D eigenvalue weighted by Gasteiger charge is -2.08. The van der Waals surface area contributed by atoms with Crippen LogP contribution in [0.25, 0.3) is 0 Å². The van der Waals surface area contributed by atoms with Crippen LogP contribution in [-0.2, 0) is 6.61 Å². The summed E-state index contributed by atoms with van der Waals surface area (Å²) in [6.45, 7) is 0.448. The largest absolute Gasteiger partial charge is 0.487 e. The minimum atomic E-state index is -0.149. The zero-order valence-electron chi connectivity index (χ0n) is 11.9. The summed E-state index contributed by atoms with van der Waals surface area (Å²) in [7, 11) is 0. The highest BCUT2D eigenvalue weighted by molar-refractivity contribution is 7.12. The second kappa shape index (κ2) is 6.91. The SMILES string of the molecule is O=C(Nc1ccccc1)c1sccc1OCc1ccccc1. The fourth-order valence-corrected chi connectivity index (χ4v) is 2.75. The van der Waals surface area contributed by atoms with Gasteiger partial charge in [0.05, 0.1) is 0 Å². The highest BCUT2D eigenvalue weighted by Gasteiger charge is 2.14. The number of para-hydroxylation sites is 1. The molecule has 1 aromatic heterocycles. The summed E-state index contributed by atoms with van der Waals surface area (Å²) in [6, 6.07) is 21.1. The van der Waals surface area contributed by atoms with Crippen LogP contribution in [0.4, 0.5) is 5.69 Å². The van der Waals surface area contributed by atoms with E-state index in [9.17, 15) is 4.79 Å². The third-order valence-electron chi connectivity index (χ3n) is 3.10. The topological polar surface area (TPSA) is 38.3 Å². The lowest BCUT2D eigenvalue weighted by molar-refractivity contribution is 0.102. The molecule has 0 fully saturated rings. The Kier molecular flexibility index (Phi) is 4.51.